The summed E-state index contributed by atoms with van der Waals surface area (Å²) < 4.78 is 4.99. The zero-order valence-electron chi connectivity index (χ0n) is 8.49. The Morgan fingerprint density at radius 1 is 1.36 bits per heavy atom. The maximum absolute atomic E-state index is 11.5. The zero-order valence-corrected chi connectivity index (χ0v) is 8.49. The standard InChI is InChI=1S/C11H16O3/c1-2-14-11(13)9-3-7-5-10(12)6-8(7)4-9/h7-9H,2-6H2,1H3/t7-,8+,9?. The van der Waals surface area contributed by atoms with E-state index in [0.717, 1.165) is 12.8 Å². The van der Waals surface area contributed by atoms with Gasteiger partial charge in [-0.3, -0.25) is 9.59 Å². The molecule has 14 heavy (non-hydrogen) atoms. The molecule has 2 fully saturated rings. The largest absolute Gasteiger partial charge is 0.466 e. The van der Waals surface area contributed by atoms with Gasteiger partial charge in [-0.2, -0.15) is 0 Å². The van der Waals surface area contributed by atoms with Gasteiger partial charge in [0.15, 0.2) is 0 Å². The molecule has 0 radical (unpaired) electrons. The lowest BCUT2D eigenvalue weighted by atomic mass is 10.0. The summed E-state index contributed by atoms with van der Waals surface area (Å²) in [5, 5.41) is 0. The second kappa shape index (κ2) is 3.71. The van der Waals surface area contributed by atoms with Crippen LogP contribution in [0.15, 0.2) is 0 Å². The van der Waals surface area contributed by atoms with Crippen LogP contribution in [-0.4, -0.2) is 18.4 Å². The molecule has 0 amide bonds. The lowest BCUT2D eigenvalue weighted by molar-refractivity contribution is -0.148. The summed E-state index contributed by atoms with van der Waals surface area (Å²) in [6, 6.07) is 0. The van der Waals surface area contributed by atoms with Crippen molar-refractivity contribution in [3.8, 4) is 0 Å². The van der Waals surface area contributed by atoms with Crippen molar-refractivity contribution >= 4 is 11.8 Å². The normalized spacial score (nSPS) is 35.8. The van der Waals surface area contributed by atoms with E-state index in [1.165, 1.54) is 0 Å². The van der Waals surface area contributed by atoms with E-state index in [1.807, 2.05) is 6.92 Å². The van der Waals surface area contributed by atoms with Gasteiger partial charge in [-0.05, 0) is 31.6 Å². The molecule has 0 heterocycles. The topological polar surface area (TPSA) is 43.4 Å². The first-order chi connectivity index (χ1) is 6.70. The van der Waals surface area contributed by atoms with Gasteiger partial charge in [-0.1, -0.05) is 0 Å². The number of Topliss-reactive ketones (excluding diaryl/α,β-unsaturated/α-hetero) is 1. The molecule has 3 nitrogen and oxygen atoms in total. The molecule has 0 saturated heterocycles. The Morgan fingerprint density at radius 2 is 1.93 bits per heavy atom. The van der Waals surface area contributed by atoms with Crippen LogP contribution in [0.1, 0.15) is 32.6 Å². The van der Waals surface area contributed by atoms with Crippen LogP contribution in [0.25, 0.3) is 0 Å². The van der Waals surface area contributed by atoms with Gasteiger partial charge in [-0.25, -0.2) is 0 Å². The van der Waals surface area contributed by atoms with E-state index in [0.29, 0.717) is 37.1 Å². The van der Waals surface area contributed by atoms with Crippen molar-refractivity contribution < 1.29 is 14.3 Å². The Labute approximate surface area is 83.8 Å². The second-order valence-corrected chi connectivity index (χ2v) is 4.39. The minimum absolute atomic E-state index is 0.0608. The van der Waals surface area contributed by atoms with E-state index in [1.54, 1.807) is 0 Å². The van der Waals surface area contributed by atoms with Crippen molar-refractivity contribution in [2.24, 2.45) is 17.8 Å². The predicted molar refractivity (Wildman–Crippen MR) is 50.6 cm³/mol. The Morgan fingerprint density at radius 3 is 2.43 bits per heavy atom. The summed E-state index contributed by atoms with van der Waals surface area (Å²) >= 11 is 0. The van der Waals surface area contributed by atoms with Crippen molar-refractivity contribution in [2.45, 2.75) is 32.6 Å². The molecule has 0 spiro atoms. The number of ketones is 1. The second-order valence-electron chi connectivity index (χ2n) is 4.39. The molecule has 3 atom stereocenters. The Kier molecular flexibility index (Phi) is 2.57. The van der Waals surface area contributed by atoms with Gasteiger partial charge in [0.05, 0.1) is 12.5 Å². The van der Waals surface area contributed by atoms with Crippen LogP contribution >= 0.6 is 0 Å². The van der Waals surface area contributed by atoms with E-state index in [2.05, 4.69) is 0 Å². The van der Waals surface area contributed by atoms with Gasteiger partial charge in [0.25, 0.3) is 0 Å². The molecule has 0 aliphatic heterocycles. The van der Waals surface area contributed by atoms with Crippen LogP contribution in [0, 0.1) is 17.8 Å². The number of carbonyl (C=O) groups is 2. The molecular weight excluding hydrogens is 180 g/mol. The summed E-state index contributed by atoms with van der Waals surface area (Å²) in [7, 11) is 0. The third kappa shape index (κ3) is 1.68. The van der Waals surface area contributed by atoms with Gasteiger partial charge in [0.2, 0.25) is 0 Å². The predicted octanol–water partition coefficient (Wildman–Crippen LogP) is 1.55. The van der Waals surface area contributed by atoms with Crippen LogP contribution in [0.3, 0.4) is 0 Å². The van der Waals surface area contributed by atoms with E-state index >= 15 is 0 Å². The minimum atomic E-state index is -0.0608. The summed E-state index contributed by atoms with van der Waals surface area (Å²) in [4.78, 5) is 22.6. The molecule has 0 bridgehead atoms. The smallest absolute Gasteiger partial charge is 0.308 e. The number of rotatable bonds is 2. The molecule has 1 unspecified atom stereocenters. The van der Waals surface area contributed by atoms with Crippen molar-refractivity contribution in [3.05, 3.63) is 0 Å². The van der Waals surface area contributed by atoms with Crippen LogP contribution in [0.2, 0.25) is 0 Å². The minimum Gasteiger partial charge on any atom is -0.466 e. The molecule has 0 aromatic heterocycles. The number of fused-ring (bicyclic) bond motifs is 1. The molecule has 0 aromatic rings. The fourth-order valence-electron chi connectivity index (χ4n) is 2.83. The molecule has 3 heteroatoms. The number of hydrogen-bond acceptors (Lipinski definition) is 3. The monoisotopic (exact) mass is 196 g/mol. The third-order valence-corrected chi connectivity index (χ3v) is 3.44. The molecule has 0 aromatic carbocycles. The van der Waals surface area contributed by atoms with Crippen molar-refractivity contribution in [3.63, 3.8) is 0 Å². The van der Waals surface area contributed by atoms with E-state index in [4.69, 9.17) is 4.74 Å². The van der Waals surface area contributed by atoms with Gasteiger partial charge in [0, 0.05) is 12.8 Å². The molecular formula is C11H16O3. The van der Waals surface area contributed by atoms with Crippen molar-refractivity contribution in [2.75, 3.05) is 6.61 Å². The lowest BCUT2D eigenvalue weighted by Crippen LogP contribution is -2.16. The fraction of sp³-hybridized carbons (Fsp3) is 0.818. The SMILES string of the molecule is CCOC(=O)C1C[C@H]2CC(=O)C[C@H]2C1. The van der Waals surface area contributed by atoms with Gasteiger partial charge in [0.1, 0.15) is 5.78 Å². The first-order valence-electron chi connectivity index (χ1n) is 5.39. The van der Waals surface area contributed by atoms with Gasteiger partial charge in [-0.15, -0.1) is 0 Å². The number of carbonyl (C=O) groups excluding carboxylic acids is 2. The summed E-state index contributed by atoms with van der Waals surface area (Å²) in [5.74, 6) is 1.32. The van der Waals surface area contributed by atoms with E-state index in [-0.39, 0.29) is 11.9 Å². The number of ether oxygens (including phenoxy) is 1. The van der Waals surface area contributed by atoms with Crippen molar-refractivity contribution in [1.29, 1.82) is 0 Å². The summed E-state index contributed by atoms with van der Waals surface area (Å²) in [6.07, 6.45) is 3.13. The molecule has 78 valence electrons. The Balaban J connectivity index is 1.91. The highest BCUT2D eigenvalue weighted by molar-refractivity contribution is 5.82. The zero-order chi connectivity index (χ0) is 10.1. The van der Waals surface area contributed by atoms with Gasteiger partial charge < -0.3 is 4.74 Å². The highest BCUT2D eigenvalue weighted by atomic mass is 16.5. The maximum Gasteiger partial charge on any atom is 0.308 e. The van der Waals surface area contributed by atoms with Crippen LogP contribution in [0.5, 0.6) is 0 Å². The summed E-state index contributed by atoms with van der Waals surface area (Å²) in [5.41, 5.74) is 0. The van der Waals surface area contributed by atoms with Crippen LogP contribution in [0.4, 0.5) is 0 Å². The fourth-order valence-corrected chi connectivity index (χ4v) is 2.83. The number of hydrogen-bond donors (Lipinski definition) is 0. The van der Waals surface area contributed by atoms with E-state index < -0.39 is 0 Å². The van der Waals surface area contributed by atoms with Crippen molar-refractivity contribution in [1.82, 2.24) is 0 Å². The average Bonchev–Trinajstić information content (AvgIpc) is 2.61. The first-order valence-corrected chi connectivity index (χ1v) is 5.39. The molecule has 2 aliphatic carbocycles. The highest BCUT2D eigenvalue weighted by Gasteiger charge is 2.43. The summed E-state index contributed by atoms with van der Waals surface area (Å²) in [6.45, 7) is 2.29. The quantitative estimate of drug-likeness (QED) is 0.629. The lowest BCUT2D eigenvalue weighted by Gasteiger charge is -2.08. The Bertz CT molecular complexity index is 243. The molecule has 2 aliphatic rings. The average molecular weight is 196 g/mol. The highest BCUT2D eigenvalue weighted by Crippen LogP contribution is 2.45. The van der Waals surface area contributed by atoms with Crippen LogP contribution in [-0.2, 0) is 14.3 Å². The molecule has 0 N–H and O–H groups in total. The van der Waals surface area contributed by atoms with Crippen LogP contribution < -0.4 is 0 Å². The number of esters is 1. The van der Waals surface area contributed by atoms with E-state index in [9.17, 15) is 9.59 Å². The van der Waals surface area contributed by atoms with Gasteiger partial charge >= 0.3 is 5.97 Å². The first kappa shape index (κ1) is 9.69. The maximum atomic E-state index is 11.5. The molecule has 2 saturated carbocycles. The third-order valence-electron chi connectivity index (χ3n) is 3.44. The molecule has 2 rings (SSSR count). The Hall–Kier alpha value is -0.860.